The lowest BCUT2D eigenvalue weighted by Crippen LogP contribution is -2.33. The Balaban J connectivity index is 1.65. The predicted molar refractivity (Wildman–Crippen MR) is 79.5 cm³/mol. The molecule has 0 aliphatic carbocycles. The number of carbonyl (C=O) groups excluding carboxylic acids is 2. The lowest BCUT2D eigenvalue weighted by atomic mass is 10.2. The molecule has 2 N–H and O–H groups in total. The highest BCUT2D eigenvalue weighted by molar-refractivity contribution is 5.94. The third-order valence-electron chi connectivity index (χ3n) is 2.69. The SMILES string of the molecule is O=C(/C=C/c1ccco1)NCCNC(=O)c1ccccc1. The van der Waals surface area contributed by atoms with Gasteiger partial charge >= 0.3 is 0 Å². The number of hydrogen-bond donors (Lipinski definition) is 2. The van der Waals surface area contributed by atoms with Gasteiger partial charge in [0.25, 0.3) is 5.91 Å². The summed E-state index contributed by atoms with van der Waals surface area (Å²) in [7, 11) is 0. The summed E-state index contributed by atoms with van der Waals surface area (Å²) in [6, 6.07) is 12.4. The van der Waals surface area contributed by atoms with Crippen molar-refractivity contribution in [3.8, 4) is 0 Å². The molecule has 2 rings (SSSR count). The number of benzene rings is 1. The van der Waals surface area contributed by atoms with Gasteiger partial charge in [-0.1, -0.05) is 18.2 Å². The van der Waals surface area contributed by atoms with Crippen molar-refractivity contribution in [1.82, 2.24) is 10.6 Å². The molecule has 0 atom stereocenters. The number of amides is 2. The molecular weight excluding hydrogens is 268 g/mol. The molecule has 21 heavy (non-hydrogen) atoms. The van der Waals surface area contributed by atoms with E-state index in [9.17, 15) is 9.59 Å². The second-order valence-corrected chi connectivity index (χ2v) is 4.26. The van der Waals surface area contributed by atoms with Crippen LogP contribution >= 0.6 is 0 Å². The highest BCUT2D eigenvalue weighted by Gasteiger charge is 2.03. The average molecular weight is 284 g/mol. The molecule has 1 aromatic heterocycles. The molecule has 0 bridgehead atoms. The van der Waals surface area contributed by atoms with Gasteiger partial charge in [0, 0.05) is 24.7 Å². The van der Waals surface area contributed by atoms with E-state index in [1.54, 1.807) is 42.5 Å². The molecule has 0 fully saturated rings. The molecule has 2 amide bonds. The van der Waals surface area contributed by atoms with Gasteiger partial charge in [0.2, 0.25) is 5.91 Å². The Morgan fingerprint density at radius 2 is 1.76 bits per heavy atom. The summed E-state index contributed by atoms with van der Waals surface area (Å²) in [5.41, 5.74) is 0.599. The zero-order valence-electron chi connectivity index (χ0n) is 11.4. The van der Waals surface area contributed by atoms with Crippen LogP contribution in [0.2, 0.25) is 0 Å². The van der Waals surface area contributed by atoms with Gasteiger partial charge in [-0.05, 0) is 30.3 Å². The van der Waals surface area contributed by atoms with Crippen LogP contribution in [0.3, 0.4) is 0 Å². The van der Waals surface area contributed by atoms with Crippen molar-refractivity contribution >= 4 is 17.9 Å². The lowest BCUT2D eigenvalue weighted by molar-refractivity contribution is -0.116. The molecule has 1 heterocycles. The standard InChI is InChI=1S/C16H16N2O3/c19-15(9-8-14-7-4-12-21-14)17-10-11-18-16(20)13-5-2-1-3-6-13/h1-9,12H,10-11H2,(H,17,19)(H,18,20)/b9-8+. The van der Waals surface area contributed by atoms with Crippen LogP contribution in [0.25, 0.3) is 6.08 Å². The Morgan fingerprint density at radius 3 is 2.48 bits per heavy atom. The molecule has 0 aliphatic rings. The zero-order valence-corrected chi connectivity index (χ0v) is 11.4. The topological polar surface area (TPSA) is 71.3 Å². The molecule has 1 aromatic carbocycles. The number of rotatable bonds is 6. The summed E-state index contributed by atoms with van der Waals surface area (Å²) >= 11 is 0. The monoisotopic (exact) mass is 284 g/mol. The van der Waals surface area contributed by atoms with Gasteiger partial charge in [-0.25, -0.2) is 0 Å². The summed E-state index contributed by atoms with van der Waals surface area (Å²) in [5, 5.41) is 5.40. The number of furan rings is 1. The van der Waals surface area contributed by atoms with Crippen LogP contribution in [0, 0.1) is 0 Å². The highest BCUT2D eigenvalue weighted by Crippen LogP contribution is 2.01. The van der Waals surface area contributed by atoms with Crippen molar-refractivity contribution in [3.05, 3.63) is 66.1 Å². The molecule has 0 spiro atoms. The first-order valence-electron chi connectivity index (χ1n) is 6.58. The van der Waals surface area contributed by atoms with E-state index >= 15 is 0 Å². The minimum atomic E-state index is -0.236. The van der Waals surface area contributed by atoms with E-state index in [4.69, 9.17) is 4.42 Å². The first-order valence-corrected chi connectivity index (χ1v) is 6.58. The van der Waals surface area contributed by atoms with Crippen molar-refractivity contribution in [2.75, 3.05) is 13.1 Å². The van der Waals surface area contributed by atoms with E-state index < -0.39 is 0 Å². The van der Waals surface area contributed by atoms with Crippen LogP contribution in [0.4, 0.5) is 0 Å². The smallest absolute Gasteiger partial charge is 0.251 e. The zero-order chi connectivity index (χ0) is 14.9. The Hall–Kier alpha value is -2.82. The Bertz CT molecular complexity index is 604. The molecule has 0 aliphatic heterocycles. The second kappa shape index (κ2) is 7.69. The van der Waals surface area contributed by atoms with E-state index in [1.807, 2.05) is 6.07 Å². The van der Waals surface area contributed by atoms with E-state index in [0.29, 0.717) is 24.4 Å². The first kappa shape index (κ1) is 14.6. The fourth-order valence-electron chi connectivity index (χ4n) is 1.66. The summed E-state index contributed by atoms with van der Waals surface area (Å²) in [4.78, 5) is 23.2. The Labute approximate surface area is 122 Å². The van der Waals surface area contributed by atoms with Gasteiger partial charge in [-0.3, -0.25) is 9.59 Å². The molecule has 0 saturated heterocycles. The maximum Gasteiger partial charge on any atom is 0.251 e. The summed E-state index contributed by atoms with van der Waals surface area (Å²) < 4.78 is 5.07. The van der Waals surface area contributed by atoms with Gasteiger partial charge in [0.15, 0.2) is 0 Å². The van der Waals surface area contributed by atoms with Crippen molar-refractivity contribution in [2.45, 2.75) is 0 Å². The van der Waals surface area contributed by atoms with Gasteiger partial charge < -0.3 is 15.1 Å². The molecule has 108 valence electrons. The molecule has 0 radical (unpaired) electrons. The van der Waals surface area contributed by atoms with Crippen molar-refractivity contribution in [2.24, 2.45) is 0 Å². The van der Waals surface area contributed by atoms with E-state index in [1.165, 1.54) is 12.3 Å². The fourth-order valence-corrected chi connectivity index (χ4v) is 1.66. The molecule has 0 saturated carbocycles. The van der Waals surface area contributed by atoms with Crippen LogP contribution in [0.15, 0.2) is 59.2 Å². The normalized spacial score (nSPS) is 10.5. The van der Waals surface area contributed by atoms with E-state index in [-0.39, 0.29) is 11.8 Å². The minimum absolute atomic E-state index is 0.157. The number of nitrogens with one attached hydrogen (secondary N) is 2. The summed E-state index contributed by atoms with van der Waals surface area (Å²) in [6.07, 6.45) is 4.51. The quantitative estimate of drug-likeness (QED) is 0.628. The Kier molecular flexibility index (Phi) is 5.34. The fraction of sp³-hybridized carbons (Fsp3) is 0.125. The summed E-state index contributed by atoms with van der Waals surface area (Å²) in [6.45, 7) is 0.730. The molecule has 0 unspecified atom stereocenters. The molecule has 5 nitrogen and oxygen atoms in total. The lowest BCUT2D eigenvalue weighted by Gasteiger charge is -2.05. The predicted octanol–water partition coefficient (Wildman–Crippen LogP) is 1.84. The van der Waals surface area contributed by atoms with E-state index in [0.717, 1.165) is 0 Å². The van der Waals surface area contributed by atoms with Crippen LogP contribution in [-0.2, 0) is 4.79 Å². The van der Waals surface area contributed by atoms with Crippen LogP contribution in [0.5, 0.6) is 0 Å². The van der Waals surface area contributed by atoms with Gasteiger partial charge in [-0.15, -0.1) is 0 Å². The highest BCUT2D eigenvalue weighted by atomic mass is 16.3. The largest absolute Gasteiger partial charge is 0.465 e. The van der Waals surface area contributed by atoms with Crippen LogP contribution in [-0.4, -0.2) is 24.9 Å². The molecule has 5 heteroatoms. The molecule has 2 aromatic rings. The maximum absolute atomic E-state index is 11.7. The average Bonchev–Trinajstić information content (AvgIpc) is 3.03. The van der Waals surface area contributed by atoms with Crippen LogP contribution < -0.4 is 10.6 Å². The Morgan fingerprint density at radius 1 is 1.00 bits per heavy atom. The third-order valence-corrected chi connectivity index (χ3v) is 2.69. The molecular formula is C16H16N2O3. The number of hydrogen-bond acceptors (Lipinski definition) is 3. The van der Waals surface area contributed by atoms with E-state index in [2.05, 4.69) is 10.6 Å². The van der Waals surface area contributed by atoms with Gasteiger partial charge in [0.05, 0.1) is 6.26 Å². The second-order valence-electron chi connectivity index (χ2n) is 4.26. The minimum Gasteiger partial charge on any atom is -0.465 e. The van der Waals surface area contributed by atoms with Crippen molar-refractivity contribution in [3.63, 3.8) is 0 Å². The van der Waals surface area contributed by atoms with Gasteiger partial charge in [-0.2, -0.15) is 0 Å². The first-order chi connectivity index (χ1) is 10.3. The third kappa shape index (κ3) is 4.99. The maximum atomic E-state index is 11.7. The van der Waals surface area contributed by atoms with Crippen molar-refractivity contribution < 1.29 is 14.0 Å². The van der Waals surface area contributed by atoms with Crippen molar-refractivity contribution in [1.29, 1.82) is 0 Å². The van der Waals surface area contributed by atoms with Gasteiger partial charge in [0.1, 0.15) is 5.76 Å². The number of carbonyl (C=O) groups is 2. The summed E-state index contributed by atoms with van der Waals surface area (Å²) in [5.74, 6) is 0.221. The van der Waals surface area contributed by atoms with Crippen LogP contribution in [0.1, 0.15) is 16.1 Å².